The van der Waals surface area contributed by atoms with Crippen LogP contribution in [-0.2, 0) is 0 Å². The quantitative estimate of drug-likeness (QED) is 0.510. The lowest BCUT2D eigenvalue weighted by Crippen LogP contribution is -2.13. The number of anilines is 2. The molecule has 5 nitrogen and oxygen atoms in total. The van der Waals surface area contributed by atoms with E-state index < -0.39 is 0 Å². The number of nitrogens with zero attached hydrogens (tertiary/aromatic N) is 2. The van der Waals surface area contributed by atoms with Gasteiger partial charge >= 0.3 is 0 Å². The Bertz CT molecular complexity index is 326. The molecule has 0 bridgehead atoms. The Hall–Kier alpha value is -1.01. The molecular formula is C11H20N4OS. The number of aliphatic hydroxyl groups is 1. The molecule has 1 atom stereocenters. The van der Waals surface area contributed by atoms with E-state index in [2.05, 4.69) is 20.6 Å². The second-order valence-corrected chi connectivity index (χ2v) is 4.43. The number of hydrogen-bond acceptors (Lipinski definition) is 6. The molecule has 6 heteroatoms. The summed E-state index contributed by atoms with van der Waals surface area (Å²) in [6.45, 7) is 2.68. The summed E-state index contributed by atoms with van der Waals surface area (Å²) >= 11 is 1.51. The van der Waals surface area contributed by atoms with E-state index in [0.29, 0.717) is 6.54 Å². The maximum absolute atomic E-state index is 9.45. The molecular weight excluding hydrogens is 236 g/mol. The van der Waals surface area contributed by atoms with Crippen LogP contribution in [-0.4, -0.2) is 41.0 Å². The minimum Gasteiger partial charge on any atom is -0.393 e. The standard InChI is InChI=1S/C11H20N4OS/c1-4-8(16)5-6-13-10-7-9(12-2)14-11(15-10)17-3/h7-8,16H,4-6H2,1-3H3,(H2,12,13,14,15). The van der Waals surface area contributed by atoms with Crippen LogP contribution in [0.25, 0.3) is 0 Å². The number of thioether (sulfide) groups is 1. The van der Waals surface area contributed by atoms with Crippen LogP contribution in [0.2, 0.25) is 0 Å². The topological polar surface area (TPSA) is 70.1 Å². The Morgan fingerprint density at radius 1 is 1.41 bits per heavy atom. The second-order valence-electron chi connectivity index (χ2n) is 3.65. The van der Waals surface area contributed by atoms with Crippen LogP contribution in [0.5, 0.6) is 0 Å². The van der Waals surface area contributed by atoms with E-state index in [-0.39, 0.29) is 6.10 Å². The van der Waals surface area contributed by atoms with Gasteiger partial charge in [0, 0.05) is 19.7 Å². The van der Waals surface area contributed by atoms with Gasteiger partial charge in [-0.1, -0.05) is 18.7 Å². The Morgan fingerprint density at radius 2 is 2.12 bits per heavy atom. The van der Waals surface area contributed by atoms with Crippen LogP contribution >= 0.6 is 11.8 Å². The molecule has 0 aliphatic rings. The maximum atomic E-state index is 9.45. The van der Waals surface area contributed by atoms with Crippen LogP contribution in [0.3, 0.4) is 0 Å². The highest BCUT2D eigenvalue weighted by Crippen LogP contribution is 2.16. The highest BCUT2D eigenvalue weighted by atomic mass is 32.2. The molecule has 0 spiro atoms. The van der Waals surface area contributed by atoms with Gasteiger partial charge in [-0.05, 0) is 19.1 Å². The van der Waals surface area contributed by atoms with Gasteiger partial charge in [0.2, 0.25) is 0 Å². The second kappa shape index (κ2) is 7.34. The third-order valence-electron chi connectivity index (χ3n) is 2.40. The van der Waals surface area contributed by atoms with Gasteiger partial charge in [-0.15, -0.1) is 0 Å². The average molecular weight is 256 g/mol. The van der Waals surface area contributed by atoms with Gasteiger partial charge in [0.15, 0.2) is 5.16 Å². The van der Waals surface area contributed by atoms with E-state index >= 15 is 0 Å². The minimum atomic E-state index is -0.242. The molecule has 0 saturated heterocycles. The first kappa shape index (κ1) is 14.1. The molecule has 1 heterocycles. The van der Waals surface area contributed by atoms with Crippen molar-refractivity contribution < 1.29 is 5.11 Å². The first-order valence-electron chi connectivity index (χ1n) is 5.72. The van der Waals surface area contributed by atoms with Crippen molar-refractivity contribution in [1.29, 1.82) is 0 Å². The van der Waals surface area contributed by atoms with Crippen molar-refractivity contribution in [3.63, 3.8) is 0 Å². The van der Waals surface area contributed by atoms with Crippen LogP contribution in [0, 0.1) is 0 Å². The first-order valence-corrected chi connectivity index (χ1v) is 6.94. The summed E-state index contributed by atoms with van der Waals surface area (Å²) in [5, 5.41) is 16.4. The van der Waals surface area contributed by atoms with E-state index in [9.17, 15) is 5.11 Å². The molecule has 1 aromatic rings. The molecule has 3 N–H and O–H groups in total. The summed E-state index contributed by atoms with van der Waals surface area (Å²) in [5.74, 6) is 1.58. The lowest BCUT2D eigenvalue weighted by atomic mass is 10.2. The molecule has 0 aliphatic heterocycles. The molecule has 0 aromatic carbocycles. The summed E-state index contributed by atoms with van der Waals surface area (Å²) in [6.07, 6.45) is 3.21. The van der Waals surface area contributed by atoms with Crippen molar-refractivity contribution in [2.24, 2.45) is 0 Å². The Labute approximate surface area is 106 Å². The predicted octanol–water partition coefficient (Wildman–Crippen LogP) is 1.81. The normalized spacial score (nSPS) is 12.2. The fourth-order valence-electron chi connectivity index (χ4n) is 1.31. The van der Waals surface area contributed by atoms with Gasteiger partial charge in [0.25, 0.3) is 0 Å². The van der Waals surface area contributed by atoms with Crippen molar-refractivity contribution in [2.45, 2.75) is 31.0 Å². The predicted molar refractivity (Wildman–Crippen MR) is 72.8 cm³/mol. The molecule has 0 saturated carbocycles. The molecule has 1 rings (SSSR count). The van der Waals surface area contributed by atoms with Gasteiger partial charge in [0.05, 0.1) is 6.10 Å². The Morgan fingerprint density at radius 3 is 2.71 bits per heavy atom. The zero-order chi connectivity index (χ0) is 12.7. The summed E-state index contributed by atoms with van der Waals surface area (Å²) in [4.78, 5) is 8.62. The van der Waals surface area contributed by atoms with E-state index in [4.69, 9.17) is 0 Å². The SMILES string of the molecule is CCC(O)CCNc1cc(NC)nc(SC)n1. The average Bonchev–Trinajstić information content (AvgIpc) is 2.37. The molecule has 17 heavy (non-hydrogen) atoms. The fraction of sp³-hybridized carbons (Fsp3) is 0.636. The van der Waals surface area contributed by atoms with Crippen LogP contribution in [0.4, 0.5) is 11.6 Å². The smallest absolute Gasteiger partial charge is 0.191 e. The van der Waals surface area contributed by atoms with Gasteiger partial charge < -0.3 is 15.7 Å². The highest BCUT2D eigenvalue weighted by molar-refractivity contribution is 7.98. The molecule has 0 aliphatic carbocycles. The van der Waals surface area contributed by atoms with E-state index in [1.807, 2.05) is 26.3 Å². The minimum absolute atomic E-state index is 0.242. The van der Waals surface area contributed by atoms with Crippen LogP contribution < -0.4 is 10.6 Å². The first-order chi connectivity index (χ1) is 8.19. The van der Waals surface area contributed by atoms with Crippen molar-refractivity contribution in [3.05, 3.63) is 6.07 Å². The number of hydrogen-bond donors (Lipinski definition) is 3. The van der Waals surface area contributed by atoms with Crippen LogP contribution in [0.1, 0.15) is 19.8 Å². The van der Waals surface area contributed by atoms with E-state index in [0.717, 1.165) is 29.6 Å². The van der Waals surface area contributed by atoms with E-state index in [1.54, 1.807) is 0 Å². The summed E-state index contributed by atoms with van der Waals surface area (Å²) < 4.78 is 0. The molecule has 1 unspecified atom stereocenters. The molecule has 0 radical (unpaired) electrons. The van der Waals surface area contributed by atoms with Crippen molar-refractivity contribution in [1.82, 2.24) is 9.97 Å². The zero-order valence-corrected chi connectivity index (χ0v) is 11.3. The summed E-state index contributed by atoms with van der Waals surface area (Å²) in [6, 6.07) is 1.86. The molecule has 1 aromatic heterocycles. The van der Waals surface area contributed by atoms with Crippen molar-refractivity contribution in [2.75, 3.05) is 30.5 Å². The van der Waals surface area contributed by atoms with Gasteiger partial charge in [-0.2, -0.15) is 0 Å². The third-order valence-corrected chi connectivity index (χ3v) is 2.95. The van der Waals surface area contributed by atoms with Crippen molar-refractivity contribution >= 4 is 23.4 Å². The zero-order valence-electron chi connectivity index (χ0n) is 10.5. The lowest BCUT2D eigenvalue weighted by molar-refractivity contribution is 0.164. The number of nitrogens with one attached hydrogen (secondary N) is 2. The Kier molecular flexibility index (Phi) is 6.07. The largest absolute Gasteiger partial charge is 0.393 e. The summed E-state index contributed by atoms with van der Waals surface area (Å²) in [7, 11) is 1.83. The fourth-order valence-corrected chi connectivity index (χ4v) is 1.69. The highest BCUT2D eigenvalue weighted by Gasteiger charge is 2.04. The molecule has 0 amide bonds. The molecule has 96 valence electrons. The maximum Gasteiger partial charge on any atom is 0.191 e. The van der Waals surface area contributed by atoms with Gasteiger partial charge in [-0.3, -0.25) is 0 Å². The Balaban J connectivity index is 2.57. The van der Waals surface area contributed by atoms with Gasteiger partial charge in [0.1, 0.15) is 11.6 Å². The van der Waals surface area contributed by atoms with Gasteiger partial charge in [-0.25, -0.2) is 9.97 Å². The molecule has 0 fully saturated rings. The summed E-state index contributed by atoms with van der Waals surface area (Å²) in [5.41, 5.74) is 0. The van der Waals surface area contributed by atoms with E-state index in [1.165, 1.54) is 11.8 Å². The van der Waals surface area contributed by atoms with Crippen LogP contribution in [0.15, 0.2) is 11.2 Å². The number of aliphatic hydroxyl groups excluding tert-OH is 1. The van der Waals surface area contributed by atoms with Crippen molar-refractivity contribution in [3.8, 4) is 0 Å². The number of aromatic nitrogens is 2. The third kappa shape index (κ3) is 4.79. The monoisotopic (exact) mass is 256 g/mol. The lowest BCUT2D eigenvalue weighted by Gasteiger charge is -2.10. The number of rotatable bonds is 7.